The van der Waals surface area contributed by atoms with E-state index in [1.165, 1.54) is 22.3 Å². The minimum atomic E-state index is -0.00873. The minimum Gasteiger partial charge on any atom is -0.496 e. The van der Waals surface area contributed by atoms with E-state index in [1.807, 2.05) is 7.05 Å². The van der Waals surface area contributed by atoms with Gasteiger partial charge in [-0.2, -0.15) is 0 Å². The Balaban J connectivity index is 3.48. The van der Waals surface area contributed by atoms with Crippen molar-refractivity contribution in [3.05, 3.63) is 28.3 Å². The summed E-state index contributed by atoms with van der Waals surface area (Å²) in [5.41, 5.74) is 5.18. The molecule has 0 unspecified atom stereocenters. The molecule has 0 aromatic heterocycles. The van der Waals surface area contributed by atoms with Crippen LogP contribution < -0.4 is 10.1 Å². The molecule has 0 aliphatic heterocycles. The van der Waals surface area contributed by atoms with E-state index in [0.29, 0.717) is 0 Å². The predicted octanol–water partition coefficient (Wildman–Crippen LogP) is 3.07. The number of benzene rings is 1. The molecule has 1 N–H and O–H groups in total. The zero-order valence-electron chi connectivity index (χ0n) is 11.5. The average Bonchev–Trinajstić information content (AvgIpc) is 2.23. The first kappa shape index (κ1) is 13.0. The molecule has 0 bridgehead atoms. The average molecular weight is 221 g/mol. The van der Waals surface area contributed by atoms with Crippen molar-refractivity contribution >= 4 is 0 Å². The van der Waals surface area contributed by atoms with E-state index in [2.05, 4.69) is 46.0 Å². The summed E-state index contributed by atoms with van der Waals surface area (Å²) < 4.78 is 5.39. The van der Waals surface area contributed by atoms with Crippen LogP contribution >= 0.6 is 0 Å². The zero-order valence-corrected chi connectivity index (χ0v) is 11.5. The fraction of sp³-hybridized carbons (Fsp3) is 0.571. The van der Waals surface area contributed by atoms with E-state index in [-0.39, 0.29) is 5.54 Å². The van der Waals surface area contributed by atoms with E-state index >= 15 is 0 Å². The third kappa shape index (κ3) is 2.07. The summed E-state index contributed by atoms with van der Waals surface area (Å²) in [5.74, 6) is 0.977. The van der Waals surface area contributed by atoms with Crippen molar-refractivity contribution < 1.29 is 4.74 Å². The van der Waals surface area contributed by atoms with Gasteiger partial charge in [0.25, 0.3) is 0 Å². The van der Waals surface area contributed by atoms with Crippen molar-refractivity contribution in [1.29, 1.82) is 0 Å². The minimum absolute atomic E-state index is 0.00873. The van der Waals surface area contributed by atoms with Gasteiger partial charge in [0, 0.05) is 5.54 Å². The van der Waals surface area contributed by atoms with Crippen LogP contribution in [0, 0.1) is 20.8 Å². The highest BCUT2D eigenvalue weighted by Gasteiger charge is 2.24. The van der Waals surface area contributed by atoms with E-state index in [0.717, 1.165) is 5.75 Å². The lowest BCUT2D eigenvalue weighted by Crippen LogP contribution is -2.35. The van der Waals surface area contributed by atoms with Gasteiger partial charge in [-0.3, -0.25) is 0 Å². The Bertz CT molecular complexity index is 394. The van der Waals surface area contributed by atoms with Gasteiger partial charge in [-0.25, -0.2) is 0 Å². The molecule has 1 aromatic carbocycles. The van der Waals surface area contributed by atoms with Crippen LogP contribution in [-0.4, -0.2) is 14.2 Å². The second-order valence-corrected chi connectivity index (χ2v) is 4.90. The number of nitrogens with one attached hydrogen (secondary N) is 1. The molecule has 16 heavy (non-hydrogen) atoms. The molecule has 90 valence electrons. The lowest BCUT2D eigenvalue weighted by atomic mass is 9.84. The van der Waals surface area contributed by atoms with Crippen molar-refractivity contribution in [2.75, 3.05) is 14.2 Å². The third-order valence-corrected chi connectivity index (χ3v) is 3.52. The summed E-state index contributed by atoms with van der Waals surface area (Å²) in [6.07, 6.45) is 0. The summed E-state index contributed by atoms with van der Waals surface area (Å²) >= 11 is 0. The van der Waals surface area contributed by atoms with Gasteiger partial charge in [0.15, 0.2) is 0 Å². The normalized spacial score (nSPS) is 11.7. The SMILES string of the molecule is CNC(C)(C)c1c(C)cc(OC)c(C)c1C. The first-order valence-electron chi connectivity index (χ1n) is 5.69. The van der Waals surface area contributed by atoms with Crippen LogP contribution in [-0.2, 0) is 5.54 Å². The molecule has 1 rings (SSSR count). The van der Waals surface area contributed by atoms with Crippen LogP contribution in [0.4, 0.5) is 0 Å². The lowest BCUT2D eigenvalue weighted by Gasteiger charge is -2.30. The second kappa shape index (κ2) is 4.46. The Morgan fingerprint density at radius 3 is 2.12 bits per heavy atom. The van der Waals surface area contributed by atoms with Gasteiger partial charge >= 0.3 is 0 Å². The molecule has 0 heterocycles. The van der Waals surface area contributed by atoms with Gasteiger partial charge in [0.2, 0.25) is 0 Å². The fourth-order valence-corrected chi connectivity index (χ4v) is 2.34. The van der Waals surface area contributed by atoms with Crippen molar-refractivity contribution in [1.82, 2.24) is 5.32 Å². The van der Waals surface area contributed by atoms with E-state index in [9.17, 15) is 0 Å². The Hall–Kier alpha value is -1.02. The Kier molecular flexibility index (Phi) is 3.64. The van der Waals surface area contributed by atoms with Gasteiger partial charge in [-0.15, -0.1) is 0 Å². The van der Waals surface area contributed by atoms with E-state index < -0.39 is 0 Å². The fourth-order valence-electron chi connectivity index (χ4n) is 2.34. The summed E-state index contributed by atoms with van der Waals surface area (Å²) in [5, 5.41) is 3.36. The highest BCUT2D eigenvalue weighted by Crippen LogP contribution is 2.33. The number of hydrogen-bond donors (Lipinski definition) is 1. The molecule has 2 heteroatoms. The highest BCUT2D eigenvalue weighted by atomic mass is 16.5. The van der Waals surface area contributed by atoms with Gasteiger partial charge in [0.1, 0.15) is 5.75 Å². The first-order valence-corrected chi connectivity index (χ1v) is 5.69. The summed E-state index contributed by atoms with van der Waals surface area (Å²) in [6.45, 7) is 10.8. The van der Waals surface area contributed by atoms with Crippen LogP contribution in [0.5, 0.6) is 5.75 Å². The molecule has 0 fully saturated rings. The molecule has 0 spiro atoms. The number of ether oxygens (including phenoxy) is 1. The predicted molar refractivity (Wildman–Crippen MR) is 69.3 cm³/mol. The molecule has 2 nitrogen and oxygen atoms in total. The van der Waals surface area contributed by atoms with Crippen molar-refractivity contribution in [2.24, 2.45) is 0 Å². The second-order valence-electron chi connectivity index (χ2n) is 4.90. The van der Waals surface area contributed by atoms with E-state index in [4.69, 9.17) is 4.74 Å². The summed E-state index contributed by atoms with van der Waals surface area (Å²) in [7, 11) is 3.72. The molecular formula is C14H23NO. The highest BCUT2D eigenvalue weighted by molar-refractivity contribution is 5.50. The quantitative estimate of drug-likeness (QED) is 0.847. The molecule has 0 aliphatic rings. The third-order valence-electron chi connectivity index (χ3n) is 3.52. The standard InChI is InChI=1S/C14H23NO/c1-9-8-12(16-7)10(2)11(3)13(9)14(4,5)15-6/h8,15H,1-7H3. The first-order chi connectivity index (χ1) is 7.35. The summed E-state index contributed by atoms with van der Waals surface area (Å²) in [6, 6.07) is 2.12. The van der Waals surface area contributed by atoms with Crippen LogP contribution in [0.25, 0.3) is 0 Å². The van der Waals surface area contributed by atoms with Gasteiger partial charge in [-0.1, -0.05) is 0 Å². The zero-order chi connectivity index (χ0) is 12.5. The summed E-state index contributed by atoms with van der Waals surface area (Å²) in [4.78, 5) is 0. The van der Waals surface area contributed by atoms with Crippen LogP contribution in [0.15, 0.2) is 6.07 Å². The number of methoxy groups -OCH3 is 1. The maximum absolute atomic E-state index is 5.39. The lowest BCUT2D eigenvalue weighted by molar-refractivity contribution is 0.406. The Morgan fingerprint density at radius 1 is 1.12 bits per heavy atom. The molecule has 0 aliphatic carbocycles. The van der Waals surface area contributed by atoms with Crippen molar-refractivity contribution in [3.8, 4) is 5.75 Å². The largest absolute Gasteiger partial charge is 0.496 e. The molecule has 0 radical (unpaired) electrons. The smallest absolute Gasteiger partial charge is 0.122 e. The number of aryl methyl sites for hydroxylation is 1. The topological polar surface area (TPSA) is 21.3 Å². The molecule has 0 amide bonds. The van der Waals surface area contributed by atoms with Crippen LogP contribution in [0.2, 0.25) is 0 Å². The molecule has 1 aromatic rings. The molecular weight excluding hydrogens is 198 g/mol. The molecule has 0 atom stereocenters. The maximum Gasteiger partial charge on any atom is 0.122 e. The molecule has 0 saturated carbocycles. The van der Waals surface area contributed by atoms with Gasteiger partial charge in [-0.05, 0) is 70.0 Å². The number of hydrogen-bond acceptors (Lipinski definition) is 2. The van der Waals surface area contributed by atoms with Crippen molar-refractivity contribution in [2.45, 2.75) is 40.2 Å². The molecule has 0 saturated heterocycles. The van der Waals surface area contributed by atoms with Crippen molar-refractivity contribution in [3.63, 3.8) is 0 Å². The van der Waals surface area contributed by atoms with Gasteiger partial charge in [0.05, 0.1) is 7.11 Å². The van der Waals surface area contributed by atoms with Crippen LogP contribution in [0.3, 0.4) is 0 Å². The monoisotopic (exact) mass is 221 g/mol. The van der Waals surface area contributed by atoms with E-state index in [1.54, 1.807) is 7.11 Å². The Morgan fingerprint density at radius 2 is 1.69 bits per heavy atom. The maximum atomic E-state index is 5.39. The van der Waals surface area contributed by atoms with Crippen LogP contribution in [0.1, 0.15) is 36.1 Å². The number of rotatable bonds is 3. The Labute approximate surface area is 99.0 Å². The van der Waals surface area contributed by atoms with Gasteiger partial charge < -0.3 is 10.1 Å².